The van der Waals surface area contributed by atoms with Gasteiger partial charge in [0, 0.05) is 58.9 Å². The van der Waals surface area contributed by atoms with E-state index < -0.39 is 0 Å². The molecular weight excluding hydrogens is 356 g/mol. The lowest BCUT2D eigenvalue weighted by Crippen LogP contribution is -2.41. The molecule has 1 saturated heterocycles. The zero-order chi connectivity index (χ0) is 19.5. The van der Waals surface area contributed by atoms with E-state index in [9.17, 15) is 0 Å². The molecule has 1 aliphatic heterocycles. The lowest BCUT2D eigenvalue weighted by atomic mass is 9.85. The van der Waals surface area contributed by atoms with Crippen LogP contribution in [0.2, 0.25) is 0 Å². The Morgan fingerprint density at radius 2 is 1.34 bits per heavy atom. The Morgan fingerprint density at radius 3 is 2.10 bits per heavy atom. The molecule has 0 bridgehead atoms. The normalized spacial score (nSPS) is 19.3. The molecule has 3 aromatic carbocycles. The van der Waals surface area contributed by atoms with Crippen LogP contribution in [0.4, 0.5) is 0 Å². The number of nitrogens with zero attached hydrogens (tertiary/aromatic N) is 1. The minimum Gasteiger partial charge on any atom is -0.314 e. The molecule has 3 N–H and O–H groups in total. The Kier molecular flexibility index (Phi) is 5.77. The molecule has 5 rings (SSSR count). The van der Waals surface area contributed by atoms with Crippen LogP contribution in [0.25, 0.3) is 21.5 Å². The molecule has 0 atom stereocenters. The van der Waals surface area contributed by atoms with Crippen LogP contribution >= 0.6 is 0 Å². The fourth-order valence-corrected chi connectivity index (χ4v) is 4.97. The summed E-state index contributed by atoms with van der Waals surface area (Å²) in [5.74, 6) is 0. The molecule has 0 amide bonds. The van der Waals surface area contributed by atoms with E-state index in [1.807, 2.05) is 0 Å². The average Bonchev–Trinajstić information content (AvgIpc) is 2.75. The second kappa shape index (κ2) is 8.80. The molecular formula is C25H32N4. The Hall–Kier alpha value is -1.98. The second-order valence-corrected chi connectivity index (χ2v) is 8.41. The van der Waals surface area contributed by atoms with Crippen molar-refractivity contribution in [3.8, 4) is 0 Å². The largest absolute Gasteiger partial charge is 0.314 e. The summed E-state index contributed by atoms with van der Waals surface area (Å²) in [4.78, 5) is 2.60. The molecule has 2 aliphatic rings. The van der Waals surface area contributed by atoms with Crippen LogP contribution < -0.4 is 16.0 Å². The zero-order valence-corrected chi connectivity index (χ0v) is 17.3. The molecule has 152 valence electrons. The summed E-state index contributed by atoms with van der Waals surface area (Å²) in [5.41, 5.74) is 4.51. The van der Waals surface area contributed by atoms with Crippen LogP contribution in [0, 0.1) is 0 Å². The molecule has 29 heavy (non-hydrogen) atoms. The summed E-state index contributed by atoms with van der Waals surface area (Å²) in [6, 6.07) is 16.3. The highest BCUT2D eigenvalue weighted by molar-refractivity contribution is 6.12. The SMILES string of the molecule is c1cc2c3c(c1)ccc1c(CN4CCNCCNCCNCC4)ccc(c13)CC2. The Morgan fingerprint density at radius 1 is 0.655 bits per heavy atom. The van der Waals surface area contributed by atoms with Gasteiger partial charge in [-0.2, -0.15) is 0 Å². The Labute approximate surface area is 173 Å². The van der Waals surface area contributed by atoms with E-state index in [4.69, 9.17) is 0 Å². The summed E-state index contributed by atoms with van der Waals surface area (Å²) in [7, 11) is 0. The van der Waals surface area contributed by atoms with Crippen LogP contribution in [-0.4, -0.2) is 57.3 Å². The predicted octanol–water partition coefficient (Wildman–Crippen LogP) is 2.68. The highest BCUT2D eigenvalue weighted by Crippen LogP contribution is 2.37. The van der Waals surface area contributed by atoms with Gasteiger partial charge < -0.3 is 16.0 Å². The van der Waals surface area contributed by atoms with Gasteiger partial charge in [-0.15, -0.1) is 0 Å². The van der Waals surface area contributed by atoms with Crippen molar-refractivity contribution in [2.45, 2.75) is 19.4 Å². The minimum absolute atomic E-state index is 1.02. The third-order valence-electron chi connectivity index (χ3n) is 6.51. The fraction of sp³-hybridized carbons (Fsp3) is 0.440. The maximum absolute atomic E-state index is 3.58. The van der Waals surface area contributed by atoms with Crippen molar-refractivity contribution in [2.75, 3.05) is 52.4 Å². The highest BCUT2D eigenvalue weighted by atomic mass is 15.2. The molecule has 0 spiro atoms. The monoisotopic (exact) mass is 388 g/mol. The molecule has 4 nitrogen and oxygen atoms in total. The summed E-state index contributed by atoms with van der Waals surface area (Å²) < 4.78 is 0. The molecule has 0 unspecified atom stereocenters. The van der Waals surface area contributed by atoms with Crippen molar-refractivity contribution in [1.29, 1.82) is 0 Å². The van der Waals surface area contributed by atoms with E-state index in [0.29, 0.717) is 0 Å². The maximum atomic E-state index is 3.58. The Bertz CT molecular complexity index is 985. The standard InChI is InChI=1S/C25H32N4/c1-2-19-4-5-21-6-7-22(23-9-8-20(3-1)24(19)25(21)23)18-29-16-14-27-12-10-26-11-13-28-15-17-29/h1-3,6-9,26-28H,4-5,10-18H2. The molecule has 1 heterocycles. The van der Waals surface area contributed by atoms with Crippen LogP contribution in [0.3, 0.4) is 0 Å². The smallest absolute Gasteiger partial charge is 0.0240 e. The van der Waals surface area contributed by atoms with E-state index in [1.54, 1.807) is 0 Å². The summed E-state index contributed by atoms with van der Waals surface area (Å²) in [5, 5.41) is 16.5. The van der Waals surface area contributed by atoms with Gasteiger partial charge in [0.1, 0.15) is 0 Å². The summed E-state index contributed by atoms with van der Waals surface area (Å²) in [6.07, 6.45) is 2.33. The van der Waals surface area contributed by atoms with Gasteiger partial charge in [-0.1, -0.05) is 42.5 Å². The maximum Gasteiger partial charge on any atom is 0.0240 e. The van der Waals surface area contributed by atoms with Crippen LogP contribution in [-0.2, 0) is 19.4 Å². The minimum atomic E-state index is 1.02. The van der Waals surface area contributed by atoms with Crippen LogP contribution in [0.1, 0.15) is 16.7 Å². The van der Waals surface area contributed by atoms with E-state index in [-0.39, 0.29) is 0 Å². The van der Waals surface area contributed by atoms with E-state index >= 15 is 0 Å². The van der Waals surface area contributed by atoms with Gasteiger partial charge in [0.15, 0.2) is 0 Å². The van der Waals surface area contributed by atoms with Crippen molar-refractivity contribution in [3.63, 3.8) is 0 Å². The van der Waals surface area contributed by atoms with Gasteiger partial charge in [-0.25, -0.2) is 0 Å². The second-order valence-electron chi connectivity index (χ2n) is 8.41. The number of nitrogens with one attached hydrogen (secondary N) is 3. The van der Waals surface area contributed by atoms with Crippen LogP contribution in [0.5, 0.6) is 0 Å². The topological polar surface area (TPSA) is 39.3 Å². The van der Waals surface area contributed by atoms with Crippen molar-refractivity contribution < 1.29 is 0 Å². The number of hydrogen-bond acceptors (Lipinski definition) is 4. The Balaban J connectivity index is 1.45. The molecule has 4 heteroatoms. The first-order valence-electron chi connectivity index (χ1n) is 11.2. The number of rotatable bonds is 2. The third-order valence-corrected chi connectivity index (χ3v) is 6.51. The summed E-state index contributed by atoms with van der Waals surface area (Å²) >= 11 is 0. The van der Waals surface area contributed by atoms with Gasteiger partial charge in [0.25, 0.3) is 0 Å². The fourth-order valence-electron chi connectivity index (χ4n) is 4.97. The van der Waals surface area contributed by atoms with Crippen molar-refractivity contribution in [1.82, 2.24) is 20.9 Å². The quantitative estimate of drug-likeness (QED) is 0.591. The molecule has 0 radical (unpaired) electrons. The molecule has 3 aromatic rings. The van der Waals surface area contributed by atoms with Gasteiger partial charge >= 0.3 is 0 Å². The van der Waals surface area contributed by atoms with Gasteiger partial charge in [-0.3, -0.25) is 4.90 Å². The van der Waals surface area contributed by atoms with Gasteiger partial charge in [-0.05, 0) is 51.1 Å². The van der Waals surface area contributed by atoms with E-state index in [0.717, 1.165) is 58.9 Å². The molecule has 0 saturated carbocycles. The van der Waals surface area contributed by atoms with Crippen LogP contribution in [0.15, 0.2) is 42.5 Å². The number of aryl methyl sites for hydroxylation is 2. The van der Waals surface area contributed by atoms with Gasteiger partial charge in [0.2, 0.25) is 0 Å². The van der Waals surface area contributed by atoms with E-state index in [2.05, 4.69) is 63.3 Å². The third kappa shape index (κ3) is 4.03. The molecule has 1 aliphatic carbocycles. The lowest BCUT2D eigenvalue weighted by Gasteiger charge is -2.26. The van der Waals surface area contributed by atoms with Crippen molar-refractivity contribution in [3.05, 3.63) is 59.2 Å². The first-order valence-corrected chi connectivity index (χ1v) is 11.2. The van der Waals surface area contributed by atoms with Crippen molar-refractivity contribution >= 4 is 21.5 Å². The van der Waals surface area contributed by atoms with Crippen molar-refractivity contribution in [2.24, 2.45) is 0 Å². The van der Waals surface area contributed by atoms with E-state index in [1.165, 1.54) is 51.1 Å². The first-order chi connectivity index (χ1) is 14.4. The molecule has 0 aromatic heterocycles. The average molecular weight is 389 g/mol. The summed E-state index contributed by atoms with van der Waals surface area (Å²) in [6.45, 7) is 9.46. The number of hydrogen-bond donors (Lipinski definition) is 3. The van der Waals surface area contributed by atoms with Gasteiger partial charge in [0.05, 0.1) is 0 Å². The number of benzene rings is 3. The first kappa shape index (κ1) is 19.0. The lowest BCUT2D eigenvalue weighted by molar-refractivity contribution is 0.264. The molecule has 1 fully saturated rings. The zero-order valence-electron chi connectivity index (χ0n) is 17.3. The highest BCUT2D eigenvalue weighted by Gasteiger charge is 2.17. The predicted molar refractivity (Wildman–Crippen MR) is 123 cm³/mol.